The summed E-state index contributed by atoms with van der Waals surface area (Å²) in [5.74, 6) is 0. The van der Waals surface area contributed by atoms with E-state index < -0.39 is 16.6 Å². The lowest BCUT2D eigenvalue weighted by Crippen LogP contribution is -2.42. The van der Waals surface area contributed by atoms with Gasteiger partial charge in [0.25, 0.3) is 0 Å². The highest BCUT2D eigenvalue weighted by Gasteiger charge is 2.40. The maximum absolute atomic E-state index is 11.2. The van der Waals surface area contributed by atoms with E-state index in [1.54, 1.807) is 0 Å². The number of amides is 2. The van der Waals surface area contributed by atoms with Gasteiger partial charge in [-0.25, -0.2) is 8.98 Å². The fourth-order valence-electron chi connectivity index (χ4n) is 1.78. The number of rotatable bonds is 2. The number of carbonyl (C=O) groups excluding carboxylic acids is 1. The molecule has 2 unspecified atom stereocenters. The minimum atomic E-state index is -4.49. The van der Waals surface area contributed by atoms with Gasteiger partial charge in [0.2, 0.25) is 0 Å². The van der Waals surface area contributed by atoms with Crippen molar-refractivity contribution in [2.24, 2.45) is 0 Å². The van der Waals surface area contributed by atoms with Crippen LogP contribution in [0.25, 0.3) is 0 Å². The molecular weight excluding hydrogens is 212 g/mol. The molecule has 2 saturated heterocycles. The van der Waals surface area contributed by atoms with Gasteiger partial charge < -0.3 is 5.32 Å². The summed E-state index contributed by atoms with van der Waals surface area (Å²) in [5.41, 5.74) is 0. The molecule has 0 aromatic heterocycles. The SMILES string of the molecule is O=C1NC2CCC(OS(=O)(=O)O)N1C2. The second-order valence-corrected chi connectivity index (χ2v) is 4.40. The lowest BCUT2D eigenvalue weighted by molar-refractivity contribution is 0.0363. The lowest BCUT2D eigenvalue weighted by Gasteiger charge is -2.28. The number of carbonyl (C=O) groups is 1. The Morgan fingerprint density at radius 3 is 2.86 bits per heavy atom. The first-order valence-electron chi connectivity index (χ1n) is 4.18. The van der Waals surface area contributed by atoms with Crippen LogP contribution in [0.1, 0.15) is 12.8 Å². The molecule has 0 spiro atoms. The van der Waals surface area contributed by atoms with E-state index in [1.807, 2.05) is 0 Å². The predicted octanol–water partition coefficient (Wildman–Crippen LogP) is -0.680. The third-order valence-electron chi connectivity index (χ3n) is 2.35. The van der Waals surface area contributed by atoms with E-state index in [9.17, 15) is 13.2 Å². The molecule has 0 saturated carbocycles. The first kappa shape index (κ1) is 9.69. The first-order chi connectivity index (χ1) is 6.46. The summed E-state index contributed by atoms with van der Waals surface area (Å²) < 4.78 is 33.8. The molecule has 2 aliphatic heterocycles. The van der Waals surface area contributed by atoms with Crippen molar-refractivity contribution in [1.29, 1.82) is 0 Å². The first-order valence-corrected chi connectivity index (χ1v) is 5.55. The van der Waals surface area contributed by atoms with E-state index in [2.05, 4.69) is 9.50 Å². The molecule has 0 radical (unpaired) electrons. The molecule has 2 N–H and O–H groups in total. The van der Waals surface area contributed by atoms with Gasteiger partial charge in [-0.3, -0.25) is 9.45 Å². The Hall–Kier alpha value is -0.860. The Morgan fingerprint density at radius 1 is 1.50 bits per heavy atom. The van der Waals surface area contributed by atoms with Crippen LogP contribution in [-0.2, 0) is 14.6 Å². The zero-order valence-electron chi connectivity index (χ0n) is 7.21. The highest BCUT2D eigenvalue weighted by Crippen LogP contribution is 2.24. The van der Waals surface area contributed by atoms with Crippen molar-refractivity contribution >= 4 is 16.4 Å². The summed E-state index contributed by atoms with van der Waals surface area (Å²) in [6.45, 7) is 0.430. The van der Waals surface area contributed by atoms with Crippen LogP contribution in [0.3, 0.4) is 0 Å². The Morgan fingerprint density at radius 2 is 2.21 bits per heavy atom. The Bertz CT molecular complexity index is 353. The second kappa shape index (κ2) is 3.07. The lowest BCUT2D eigenvalue weighted by atomic mass is 10.1. The number of piperidine rings is 1. The Balaban J connectivity index is 2.10. The largest absolute Gasteiger partial charge is 0.399 e. The molecule has 14 heavy (non-hydrogen) atoms. The summed E-state index contributed by atoms with van der Waals surface area (Å²) in [7, 11) is -4.49. The number of fused-ring (bicyclic) bond motifs is 2. The molecule has 0 aromatic rings. The Kier molecular flexibility index (Phi) is 2.13. The molecule has 2 heterocycles. The maximum atomic E-state index is 11.2. The van der Waals surface area contributed by atoms with Gasteiger partial charge in [-0.05, 0) is 12.8 Å². The summed E-state index contributed by atoms with van der Waals surface area (Å²) in [4.78, 5) is 12.5. The Labute approximate surface area is 81.0 Å². The smallest absolute Gasteiger partial charge is 0.333 e. The normalized spacial score (nSPS) is 31.8. The van der Waals surface area contributed by atoms with E-state index in [4.69, 9.17) is 4.55 Å². The summed E-state index contributed by atoms with van der Waals surface area (Å²) in [6, 6.07) is -0.273. The van der Waals surface area contributed by atoms with Crippen molar-refractivity contribution in [3.63, 3.8) is 0 Å². The minimum absolute atomic E-state index is 0.0729. The molecule has 2 rings (SSSR count). The zero-order valence-corrected chi connectivity index (χ0v) is 8.03. The van der Waals surface area contributed by atoms with Crippen LogP contribution < -0.4 is 5.32 Å². The molecular formula is C6H10N2O5S. The molecule has 8 heteroatoms. The van der Waals surface area contributed by atoms with Crippen LogP contribution >= 0.6 is 0 Å². The second-order valence-electron chi connectivity index (χ2n) is 3.35. The number of nitrogens with one attached hydrogen (secondary N) is 1. The van der Waals surface area contributed by atoms with Crippen molar-refractivity contribution in [3.05, 3.63) is 0 Å². The fourth-order valence-corrected chi connectivity index (χ4v) is 2.26. The van der Waals surface area contributed by atoms with Crippen molar-refractivity contribution in [3.8, 4) is 0 Å². The third-order valence-corrected chi connectivity index (χ3v) is 2.81. The van der Waals surface area contributed by atoms with Crippen molar-refractivity contribution in [1.82, 2.24) is 10.2 Å². The van der Waals surface area contributed by atoms with Crippen LogP contribution in [0, 0.1) is 0 Å². The molecule has 2 fully saturated rings. The average Bonchev–Trinajstić information content (AvgIpc) is 2.33. The van der Waals surface area contributed by atoms with Gasteiger partial charge in [-0.2, -0.15) is 8.42 Å². The van der Waals surface area contributed by atoms with Gasteiger partial charge in [-0.15, -0.1) is 0 Å². The summed E-state index contributed by atoms with van der Waals surface area (Å²) >= 11 is 0. The predicted molar refractivity (Wildman–Crippen MR) is 44.7 cm³/mol. The standard InChI is InChI=1S/C6H10N2O5S/c9-6-7-4-1-2-5(8(6)3-4)13-14(10,11)12/h4-5H,1-3H2,(H,7,9)(H,10,11,12). The van der Waals surface area contributed by atoms with Gasteiger partial charge >= 0.3 is 16.4 Å². The molecule has 80 valence electrons. The number of hydrogen-bond acceptors (Lipinski definition) is 4. The van der Waals surface area contributed by atoms with Crippen molar-refractivity contribution in [2.75, 3.05) is 6.54 Å². The molecule has 0 aliphatic carbocycles. The number of urea groups is 1. The van der Waals surface area contributed by atoms with Gasteiger partial charge in [0.1, 0.15) is 0 Å². The number of nitrogens with zero attached hydrogens (tertiary/aromatic N) is 1. The van der Waals surface area contributed by atoms with Crippen molar-refractivity contribution in [2.45, 2.75) is 25.1 Å². The molecule has 2 amide bonds. The van der Waals surface area contributed by atoms with Crippen LogP contribution in [0.5, 0.6) is 0 Å². The molecule has 0 aromatic carbocycles. The van der Waals surface area contributed by atoms with Gasteiger partial charge in [0.05, 0.1) is 0 Å². The van der Waals surface area contributed by atoms with E-state index >= 15 is 0 Å². The van der Waals surface area contributed by atoms with Crippen LogP contribution in [0.4, 0.5) is 4.79 Å². The van der Waals surface area contributed by atoms with Gasteiger partial charge in [0.15, 0.2) is 6.23 Å². The minimum Gasteiger partial charge on any atom is -0.333 e. The molecule has 2 bridgehead atoms. The van der Waals surface area contributed by atoms with Gasteiger partial charge in [-0.1, -0.05) is 0 Å². The molecule has 2 atom stereocenters. The highest BCUT2D eigenvalue weighted by molar-refractivity contribution is 7.80. The van der Waals surface area contributed by atoms with E-state index in [1.165, 1.54) is 4.90 Å². The van der Waals surface area contributed by atoms with E-state index in [0.29, 0.717) is 19.4 Å². The third kappa shape index (κ3) is 1.81. The van der Waals surface area contributed by atoms with Crippen LogP contribution in [0.2, 0.25) is 0 Å². The van der Waals surface area contributed by atoms with Crippen molar-refractivity contribution < 1.29 is 21.9 Å². The monoisotopic (exact) mass is 222 g/mol. The summed E-state index contributed by atoms with van der Waals surface area (Å²) in [5, 5.41) is 2.66. The quantitative estimate of drug-likeness (QED) is 0.603. The van der Waals surface area contributed by atoms with Crippen LogP contribution in [0.15, 0.2) is 0 Å². The maximum Gasteiger partial charge on any atom is 0.399 e. The van der Waals surface area contributed by atoms with Gasteiger partial charge in [0, 0.05) is 12.6 Å². The average molecular weight is 222 g/mol. The van der Waals surface area contributed by atoms with Crippen LogP contribution in [-0.4, -0.2) is 42.7 Å². The highest BCUT2D eigenvalue weighted by atomic mass is 32.3. The van der Waals surface area contributed by atoms with E-state index in [-0.39, 0.29) is 12.1 Å². The fraction of sp³-hybridized carbons (Fsp3) is 0.833. The van der Waals surface area contributed by atoms with E-state index in [0.717, 1.165) is 0 Å². The molecule has 7 nitrogen and oxygen atoms in total. The topological polar surface area (TPSA) is 95.9 Å². The number of hydrogen-bond donors (Lipinski definition) is 2. The molecule has 2 aliphatic rings. The summed E-state index contributed by atoms with van der Waals surface area (Å²) in [6.07, 6.45) is 0.190. The zero-order chi connectivity index (χ0) is 10.3.